The number of ether oxygens (including phenoxy) is 1. The summed E-state index contributed by atoms with van der Waals surface area (Å²) >= 11 is 1.45. The molecule has 2 N–H and O–H groups in total. The summed E-state index contributed by atoms with van der Waals surface area (Å²) in [5.41, 5.74) is -0.188. The summed E-state index contributed by atoms with van der Waals surface area (Å²) in [5, 5.41) is 11.5. The summed E-state index contributed by atoms with van der Waals surface area (Å²) in [7, 11) is 0. The van der Waals surface area contributed by atoms with Crippen LogP contribution in [0, 0.1) is 12.7 Å². The monoisotopic (exact) mass is 447 g/mol. The van der Waals surface area contributed by atoms with Crippen LogP contribution in [-0.4, -0.2) is 38.7 Å². The fourth-order valence-electron chi connectivity index (χ4n) is 4.41. The Hall–Kier alpha value is -2.23. The second kappa shape index (κ2) is 7.72. The van der Waals surface area contributed by atoms with Crippen LogP contribution in [0.1, 0.15) is 55.5 Å². The Morgan fingerprint density at radius 3 is 2.81 bits per heavy atom. The van der Waals surface area contributed by atoms with Gasteiger partial charge in [0, 0.05) is 36.9 Å². The number of aliphatic hydroxyl groups is 1. The smallest absolute Gasteiger partial charge is 0.340 e. The van der Waals surface area contributed by atoms with E-state index in [-0.39, 0.29) is 37.5 Å². The Morgan fingerprint density at radius 2 is 2.13 bits per heavy atom. The van der Waals surface area contributed by atoms with Crippen molar-refractivity contribution >= 4 is 34.7 Å². The number of nitrogens with zero attached hydrogens (tertiary/aromatic N) is 2. The van der Waals surface area contributed by atoms with Gasteiger partial charge >= 0.3 is 5.97 Å². The van der Waals surface area contributed by atoms with Crippen molar-refractivity contribution in [1.82, 2.24) is 14.6 Å². The van der Waals surface area contributed by atoms with E-state index in [9.17, 15) is 19.1 Å². The molecule has 2 atom stereocenters. The van der Waals surface area contributed by atoms with Crippen molar-refractivity contribution in [3.8, 4) is 0 Å². The summed E-state index contributed by atoms with van der Waals surface area (Å²) in [4.78, 5) is 32.1. The highest BCUT2D eigenvalue weighted by atomic mass is 32.2. The van der Waals surface area contributed by atoms with Gasteiger partial charge in [0.05, 0.1) is 12.1 Å². The van der Waals surface area contributed by atoms with Gasteiger partial charge in [-0.2, -0.15) is 0 Å². The molecule has 2 aliphatic heterocycles. The van der Waals surface area contributed by atoms with Crippen molar-refractivity contribution in [1.29, 1.82) is 0 Å². The molecule has 3 heterocycles. The summed E-state index contributed by atoms with van der Waals surface area (Å²) in [6.07, 6.45) is 2.07. The molecule has 1 fully saturated rings. The van der Waals surface area contributed by atoms with E-state index in [2.05, 4.69) is 9.71 Å². The highest BCUT2D eigenvalue weighted by Crippen LogP contribution is 2.45. The Bertz CT molecular complexity index is 1090. The van der Waals surface area contributed by atoms with Crippen molar-refractivity contribution in [3.05, 3.63) is 40.3 Å². The molecule has 31 heavy (non-hydrogen) atoms. The van der Waals surface area contributed by atoms with Crippen LogP contribution in [0.2, 0.25) is 0 Å². The van der Waals surface area contributed by atoms with E-state index in [1.165, 1.54) is 22.9 Å². The zero-order valence-corrected chi connectivity index (χ0v) is 18.9. The maximum Gasteiger partial charge on any atom is 0.340 e. The molecule has 1 amide bonds. The van der Waals surface area contributed by atoms with Crippen molar-refractivity contribution in [2.75, 3.05) is 6.26 Å². The second-order valence-electron chi connectivity index (χ2n) is 8.30. The zero-order chi connectivity index (χ0) is 22.6. The van der Waals surface area contributed by atoms with Gasteiger partial charge in [-0.15, -0.1) is 0 Å². The average Bonchev–Trinajstić information content (AvgIpc) is 3.01. The topological polar surface area (TPSA) is 91.8 Å². The predicted molar refractivity (Wildman–Crippen MR) is 115 cm³/mol. The van der Waals surface area contributed by atoms with Gasteiger partial charge in [-0.25, -0.2) is 14.2 Å². The maximum absolute atomic E-state index is 14.4. The van der Waals surface area contributed by atoms with Crippen molar-refractivity contribution in [2.45, 2.75) is 64.4 Å². The maximum atomic E-state index is 14.4. The number of esters is 1. The normalized spacial score (nSPS) is 25.8. The van der Waals surface area contributed by atoms with Crippen LogP contribution < -0.4 is 4.72 Å². The summed E-state index contributed by atoms with van der Waals surface area (Å²) in [6.45, 7) is 5.69. The molecule has 0 radical (unpaired) electrons. The van der Waals surface area contributed by atoms with Gasteiger partial charge in [0.25, 0.3) is 0 Å². The Kier molecular flexibility index (Phi) is 5.47. The van der Waals surface area contributed by atoms with Gasteiger partial charge in [0.2, 0.25) is 11.6 Å². The lowest BCUT2D eigenvalue weighted by Crippen LogP contribution is -2.53. The molecular weight excluding hydrogens is 421 g/mol. The van der Waals surface area contributed by atoms with Gasteiger partial charge in [-0.05, 0) is 43.2 Å². The largest absolute Gasteiger partial charge is 0.431 e. The second-order valence-corrected chi connectivity index (χ2v) is 9.00. The number of fused-ring (bicyclic) bond motifs is 4. The molecule has 0 aliphatic carbocycles. The van der Waals surface area contributed by atoms with Crippen LogP contribution in [0.4, 0.5) is 4.39 Å². The zero-order valence-electron chi connectivity index (χ0n) is 18.0. The number of hydrogen-bond donors (Lipinski definition) is 2. The van der Waals surface area contributed by atoms with Crippen LogP contribution in [0.25, 0.3) is 10.9 Å². The number of aryl methyl sites for hydroxylation is 1. The first-order valence-electron chi connectivity index (χ1n) is 10.3. The summed E-state index contributed by atoms with van der Waals surface area (Å²) in [5.74, 6) is -1.38. The average molecular weight is 448 g/mol. The molecule has 7 nitrogen and oxygen atoms in total. The molecule has 0 saturated carbocycles. The van der Waals surface area contributed by atoms with Crippen LogP contribution >= 0.6 is 11.9 Å². The van der Waals surface area contributed by atoms with E-state index in [1.54, 1.807) is 26.8 Å². The molecule has 0 unspecified atom stereocenters. The Balaban J connectivity index is 1.95. The number of aromatic nitrogens is 1. The molecular formula is C22H26FN3O4S. The first-order valence-corrected chi connectivity index (χ1v) is 11.5. The third-order valence-corrected chi connectivity index (χ3v) is 6.89. The SMILES string of the molecule is CC[C@]1(O)CCC(=O)N2Cc3c(nc4cc(F)c(C)cc4c3CNSC)[C@@]2(C)OC1=O. The standard InChI is InChI=1S/C22H26FN3O4S/c1-5-22(29)7-6-18(27)26-11-15-14(10-24-31-4)13-8-12(2)16(23)9-17(13)25-19(15)21(26,3)30-20(22)28/h8-9,24,29H,5-7,10-11H2,1-4H3/t21-,22+/m1/s1. The van der Waals surface area contributed by atoms with Crippen molar-refractivity contribution in [2.24, 2.45) is 0 Å². The van der Waals surface area contributed by atoms with E-state index < -0.39 is 17.3 Å². The van der Waals surface area contributed by atoms with E-state index in [0.717, 1.165) is 16.5 Å². The third-order valence-electron chi connectivity index (χ3n) is 6.46. The van der Waals surface area contributed by atoms with Gasteiger partial charge in [0.1, 0.15) is 11.5 Å². The number of carbonyl (C=O) groups is 2. The lowest BCUT2D eigenvalue weighted by molar-refractivity contribution is -0.210. The Labute approximate surface area is 184 Å². The number of nitrogens with one attached hydrogen (secondary N) is 1. The molecule has 1 aromatic heterocycles. The minimum atomic E-state index is -1.73. The van der Waals surface area contributed by atoms with Crippen molar-refractivity contribution in [3.63, 3.8) is 0 Å². The molecule has 2 aliphatic rings. The number of benzene rings is 1. The van der Waals surface area contributed by atoms with Crippen LogP contribution in [0.3, 0.4) is 0 Å². The molecule has 1 saturated heterocycles. The molecule has 0 bridgehead atoms. The number of hydrogen-bond acceptors (Lipinski definition) is 7. The van der Waals surface area contributed by atoms with E-state index in [0.29, 0.717) is 23.3 Å². The van der Waals surface area contributed by atoms with E-state index in [1.807, 2.05) is 6.26 Å². The summed E-state index contributed by atoms with van der Waals surface area (Å²) < 4.78 is 23.4. The van der Waals surface area contributed by atoms with Crippen LogP contribution in [0.5, 0.6) is 0 Å². The molecule has 2 aromatic rings. The highest BCUT2D eigenvalue weighted by molar-refractivity contribution is 7.96. The third kappa shape index (κ3) is 3.39. The fraction of sp³-hybridized carbons (Fsp3) is 0.500. The number of amides is 1. The minimum Gasteiger partial charge on any atom is -0.431 e. The molecule has 166 valence electrons. The fourth-order valence-corrected chi connectivity index (χ4v) is 4.70. The highest BCUT2D eigenvalue weighted by Gasteiger charge is 2.54. The number of pyridine rings is 1. The molecule has 4 rings (SSSR count). The van der Waals surface area contributed by atoms with Crippen LogP contribution in [-0.2, 0) is 33.1 Å². The molecule has 0 spiro atoms. The van der Waals surface area contributed by atoms with E-state index >= 15 is 0 Å². The lowest BCUT2D eigenvalue weighted by atomic mass is 9.92. The quantitative estimate of drug-likeness (QED) is 0.550. The first-order chi connectivity index (χ1) is 14.6. The van der Waals surface area contributed by atoms with Crippen LogP contribution in [0.15, 0.2) is 12.1 Å². The minimum absolute atomic E-state index is 0.00475. The Morgan fingerprint density at radius 1 is 1.39 bits per heavy atom. The van der Waals surface area contributed by atoms with Crippen molar-refractivity contribution < 1.29 is 23.8 Å². The van der Waals surface area contributed by atoms with Gasteiger partial charge in [-0.1, -0.05) is 18.9 Å². The predicted octanol–water partition coefficient (Wildman–Crippen LogP) is 3.04. The molecule has 1 aromatic carbocycles. The number of carbonyl (C=O) groups excluding carboxylic acids is 2. The number of halogens is 1. The number of rotatable bonds is 4. The van der Waals surface area contributed by atoms with Gasteiger partial charge < -0.3 is 9.84 Å². The van der Waals surface area contributed by atoms with Gasteiger partial charge in [-0.3, -0.25) is 14.4 Å². The lowest BCUT2D eigenvalue weighted by Gasteiger charge is -2.39. The van der Waals surface area contributed by atoms with Gasteiger partial charge in [0.15, 0.2) is 5.60 Å². The first kappa shape index (κ1) is 22.0. The van der Waals surface area contributed by atoms with E-state index in [4.69, 9.17) is 4.74 Å². The summed E-state index contributed by atoms with van der Waals surface area (Å²) in [6, 6.07) is 3.13. The molecule has 9 heteroatoms.